The van der Waals surface area contributed by atoms with Gasteiger partial charge < -0.3 is 19.9 Å². The van der Waals surface area contributed by atoms with Crippen LogP contribution in [0.2, 0.25) is 0 Å². The third-order valence-corrected chi connectivity index (χ3v) is 5.28. The van der Waals surface area contributed by atoms with Crippen LogP contribution in [0.5, 0.6) is 0 Å². The average Bonchev–Trinajstić information content (AvgIpc) is 2.86. The Labute approximate surface area is 225 Å². The molecule has 0 bridgehead atoms. The van der Waals surface area contributed by atoms with Gasteiger partial charge in [-0.1, -0.05) is 58.1 Å². The number of hydrogen-bond acceptors (Lipinski definition) is 8. The zero-order valence-corrected chi connectivity index (χ0v) is 23.3. The summed E-state index contributed by atoms with van der Waals surface area (Å²) in [6.07, 6.45) is 7.09. The maximum Gasteiger partial charge on any atom is 0.337 e. The van der Waals surface area contributed by atoms with E-state index in [4.69, 9.17) is 14.6 Å². The van der Waals surface area contributed by atoms with Crippen LogP contribution >= 0.6 is 0 Å². The first-order chi connectivity index (χ1) is 17.9. The number of esters is 2. The van der Waals surface area contributed by atoms with Crippen molar-refractivity contribution in [3.63, 3.8) is 0 Å². The molecule has 1 aromatic carbocycles. The molecule has 1 aromatic rings. The SMILES string of the molecule is C/C=C/C=C/COC(=O)C1=C(C)NC(C)=C(C(=O)OCC(C)C)C1c1cccc([N+](=O)[O-])c1.CC(C)CO. The standard InChI is InChI=1S/C25H30N2O6.C4H10O/c1-6-7-8-9-13-32-24(28)21-17(4)26-18(5)22(25(29)33-15-16(2)3)23(21)19-11-10-12-20(14-19)27(30)31;1-4(2)3-5/h6-12,14,16,23,26H,13,15H2,1-5H3;4-5H,3H2,1-2H3/b7-6+,9-8+;. The molecule has 0 saturated carbocycles. The van der Waals surface area contributed by atoms with Crippen LogP contribution in [-0.2, 0) is 19.1 Å². The topological polar surface area (TPSA) is 128 Å². The number of carbonyl (C=O) groups excluding carboxylic acids is 2. The molecule has 1 unspecified atom stereocenters. The number of carbonyl (C=O) groups is 2. The second kappa shape index (κ2) is 16.2. The summed E-state index contributed by atoms with van der Waals surface area (Å²) < 4.78 is 10.9. The fourth-order valence-electron chi connectivity index (χ4n) is 3.45. The fourth-order valence-corrected chi connectivity index (χ4v) is 3.45. The van der Waals surface area contributed by atoms with Gasteiger partial charge in [-0.3, -0.25) is 10.1 Å². The van der Waals surface area contributed by atoms with E-state index in [0.29, 0.717) is 29.5 Å². The smallest absolute Gasteiger partial charge is 0.337 e. The molecule has 9 heteroatoms. The van der Waals surface area contributed by atoms with E-state index in [1.165, 1.54) is 18.2 Å². The Bertz CT molecular complexity index is 1100. The fraction of sp³-hybridized carbons (Fsp3) is 0.448. The Morgan fingerprint density at radius 3 is 2.13 bits per heavy atom. The molecule has 2 N–H and O–H groups in total. The summed E-state index contributed by atoms with van der Waals surface area (Å²) in [7, 11) is 0. The predicted octanol–water partition coefficient (Wildman–Crippen LogP) is 5.34. The van der Waals surface area contributed by atoms with Gasteiger partial charge in [0.15, 0.2) is 0 Å². The molecular weight excluding hydrogens is 488 g/mol. The minimum atomic E-state index is -0.877. The molecule has 0 saturated heterocycles. The van der Waals surface area contributed by atoms with E-state index in [2.05, 4.69) is 5.32 Å². The largest absolute Gasteiger partial charge is 0.462 e. The molecule has 0 amide bonds. The van der Waals surface area contributed by atoms with E-state index in [0.717, 1.165) is 0 Å². The van der Waals surface area contributed by atoms with Gasteiger partial charge in [-0.2, -0.15) is 0 Å². The lowest BCUT2D eigenvalue weighted by Gasteiger charge is -2.30. The van der Waals surface area contributed by atoms with Crippen LogP contribution in [0.1, 0.15) is 59.9 Å². The van der Waals surface area contributed by atoms with E-state index in [1.54, 1.807) is 38.1 Å². The number of ether oxygens (including phenoxy) is 2. The van der Waals surface area contributed by atoms with E-state index >= 15 is 0 Å². The van der Waals surface area contributed by atoms with Crippen molar-refractivity contribution in [3.8, 4) is 0 Å². The van der Waals surface area contributed by atoms with Gasteiger partial charge >= 0.3 is 11.9 Å². The molecular formula is C29H40N2O7. The predicted molar refractivity (Wildman–Crippen MR) is 147 cm³/mol. The van der Waals surface area contributed by atoms with Crippen LogP contribution < -0.4 is 5.32 Å². The molecule has 0 fully saturated rings. The molecule has 1 aliphatic heterocycles. The minimum absolute atomic E-state index is 0.0391. The molecule has 0 radical (unpaired) electrons. The summed E-state index contributed by atoms with van der Waals surface area (Å²) in [5, 5.41) is 22.6. The van der Waals surface area contributed by atoms with Gasteiger partial charge in [-0.05, 0) is 44.2 Å². The molecule has 1 aliphatic rings. The summed E-state index contributed by atoms with van der Waals surface area (Å²) in [5.41, 5.74) is 1.74. The van der Waals surface area contributed by atoms with Crippen LogP contribution in [0.4, 0.5) is 5.69 Å². The van der Waals surface area contributed by atoms with Gasteiger partial charge in [0.2, 0.25) is 0 Å². The van der Waals surface area contributed by atoms with Gasteiger partial charge in [0.1, 0.15) is 6.61 Å². The summed E-state index contributed by atoms with van der Waals surface area (Å²) in [5.74, 6) is -1.53. The lowest BCUT2D eigenvalue weighted by molar-refractivity contribution is -0.384. The molecule has 2 rings (SSSR count). The highest BCUT2D eigenvalue weighted by Crippen LogP contribution is 2.40. The molecule has 1 heterocycles. The van der Waals surface area contributed by atoms with Crippen molar-refractivity contribution >= 4 is 17.6 Å². The Balaban J connectivity index is 0.00000132. The Morgan fingerprint density at radius 2 is 1.63 bits per heavy atom. The summed E-state index contributed by atoms with van der Waals surface area (Å²) in [6, 6.07) is 5.91. The highest BCUT2D eigenvalue weighted by Gasteiger charge is 2.38. The third-order valence-electron chi connectivity index (χ3n) is 5.28. The molecule has 0 spiro atoms. The van der Waals surface area contributed by atoms with Crippen LogP contribution in [0.15, 0.2) is 71.1 Å². The summed E-state index contributed by atoms with van der Waals surface area (Å²) >= 11 is 0. The number of nitro benzene ring substituents is 1. The van der Waals surface area contributed by atoms with Crippen LogP contribution in [0.25, 0.3) is 0 Å². The van der Waals surface area contributed by atoms with Gasteiger partial charge in [0.05, 0.1) is 28.6 Å². The zero-order chi connectivity index (χ0) is 28.8. The second-order valence-corrected chi connectivity index (χ2v) is 9.61. The maximum absolute atomic E-state index is 13.1. The van der Waals surface area contributed by atoms with Crippen molar-refractivity contribution in [3.05, 3.63) is 86.8 Å². The molecule has 208 valence electrons. The Hall–Kier alpha value is -3.72. The molecule has 1 atom stereocenters. The number of nitrogens with one attached hydrogen (secondary N) is 1. The minimum Gasteiger partial charge on any atom is -0.462 e. The molecule has 9 nitrogen and oxygen atoms in total. The van der Waals surface area contributed by atoms with Crippen LogP contribution in [0, 0.1) is 22.0 Å². The van der Waals surface area contributed by atoms with E-state index < -0.39 is 22.8 Å². The van der Waals surface area contributed by atoms with Crippen LogP contribution in [-0.4, -0.2) is 41.8 Å². The molecule has 0 aliphatic carbocycles. The Kier molecular flexibility index (Phi) is 13.8. The number of nitro groups is 1. The lowest BCUT2D eigenvalue weighted by Crippen LogP contribution is -2.33. The number of rotatable bonds is 10. The number of nitrogens with zero attached hydrogens (tertiary/aromatic N) is 1. The maximum atomic E-state index is 13.1. The van der Waals surface area contributed by atoms with Gasteiger partial charge in [-0.15, -0.1) is 0 Å². The Morgan fingerprint density at radius 1 is 1.05 bits per heavy atom. The van der Waals surface area contributed by atoms with Crippen molar-refractivity contribution in [2.75, 3.05) is 19.8 Å². The normalized spacial score (nSPS) is 15.6. The summed E-state index contributed by atoms with van der Waals surface area (Å²) in [6.45, 7) is 13.6. The third kappa shape index (κ3) is 9.97. The van der Waals surface area contributed by atoms with Gasteiger partial charge in [-0.25, -0.2) is 9.59 Å². The number of benzene rings is 1. The molecule has 38 heavy (non-hydrogen) atoms. The van der Waals surface area contributed by atoms with E-state index in [-0.39, 0.29) is 36.0 Å². The lowest BCUT2D eigenvalue weighted by atomic mass is 9.80. The second-order valence-electron chi connectivity index (χ2n) is 9.61. The quantitative estimate of drug-likeness (QED) is 0.180. The van der Waals surface area contributed by atoms with Crippen LogP contribution in [0.3, 0.4) is 0 Å². The van der Waals surface area contributed by atoms with Gasteiger partial charge in [0, 0.05) is 30.1 Å². The monoisotopic (exact) mass is 528 g/mol. The van der Waals surface area contributed by atoms with Crippen molar-refractivity contribution in [1.29, 1.82) is 0 Å². The first kappa shape index (κ1) is 32.3. The van der Waals surface area contributed by atoms with E-state index in [9.17, 15) is 19.7 Å². The molecule has 0 aromatic heterocycles. The van der Waals surface area contributed by atoms with E-state index in [1.807, 2.05) is 40.7 Å². The first-order valence-corrected chi connectivity index (χ1v) is 12.6. The highest BCUT2D eigenvalue weighted by atomic mass is 16.6. The van der Waals surface area contributed by atoms with Crippen molar-refractivity contribution in [1.82, 2.24) is 5.32 Å². The number of allylic oxidation sites excluding steroid dienone is 5. The van der Waals surface area contributed by atoms with Crippen molar-refractivity contribution < 1.29 is 29.1 Å². The number of aliphatic hydroxyl groups excluding tert-OH is 1. The number of aliphatic hydroxyl groups is 1. The zero-order valence-electron chi connectivity index (χ0n) is 23.3. The van der Waals surface area contributed by atoms with Crippen molar-refractivity contribution in [2.45, 2.75) is 54.4 Å². The number of hydrogen-bond donors (Lipinski definition) is 2. The first-order valence-electron chi connectivity index (χ1n) is 12.6. The number of dihydropyridines is 1. The average molecular weight is 529 g/mol. The number of non-ortho nitro benzene ring substituents is 1. The van der Waals surface area contributed by atoms with Gasteiger partial charge in [0.25, 0.3) is 5.69 Å². The summed E-state index contributed by atoms with van der Waals surface area (Å²) in [4.78, 5) is 37.0. The highest BCUT2D eigenvalue weighted by molar-refractivity contribution is 6.00. The van der Waals surface area contributed by atoms with Crippen molar-refractivity contribution in [2.24, 2.45) is 11.8 Å².